The topological polar surface area (TPSA) is 35.2 Å². The van der Waals surface area contributed by atoms with Crippen LogP contribution in [0.15, 0.2) is 29.2 Å². The summed E-state index contributed by atoms with van der Waals surface area (Å²) in [6.45, 7) is 8.68. The number of ether oxygens (including phenoxy) is 1. The molecule has 0 saturated carbocycles. The van der Waals surface area contributed by atoms with Gasteiger partial charge in [-0.1, -0.05) is 0 Å². The fourth-order valence-electron chi connectivity index (χ4n) is 2.41. The van der Waals surface area contributed by atoms with Gasteiger partial charge < -0.3 is 10.5 Å². The molecule has 0 amide bonds. The zero-order valence-electron chi connectivity index (χ0n) is 11.0. The van der Waals surface area contributed by atoms with Gasteiger partial charge in [-0.3, -0.25) is 0 Å². The molecule has 2 nitrogen and oxygen atoms in total. The summed E-state index contributed by atoms with van der Waals surface area (Å²) in [5.41, 5.74) is 6.42. The average Bonchev–Trinajstić information content (AvgIpc) is 2.38. The van der Waals surface area contributed by atoms with Crippen LogP contribution in [0.3, 0.4) is 0 Å². The summed E-state index contributed by atoms with van der Waals surface area (Å²) in [4.78, 5) is 1.26. The molecule has 1 aromatic rings. The second-order valence-electron chi connectivity index (χ2n) is 5.84. The van der Waals surface area contributed by atoms with Gasteiger partial charge in [-0.2, -0.15) is 0 Å². The molecule has 0 aromatic heterocycles. The summed E-state index contributed by atoms with van der Waals surface area (Å²) in [5, 5.41) is 0.487. The average molecular weight is 251 g/mol. The van der Waals surface area contributed by atoms with Crippen LogP contribution in [0.5, 0.6) is 0 Å². The Morgan fingerprint density at radius 1 is 1.18 bits per heavy atom. The summed E-state index contributed by atoms with van der Waals surface area (Å²) >= 11 is 1.89. The minimum Gasteiger partial charge on any atom is -0.399 e. The molecule has 1 unspecified atom stereocenters. The molecule has 2 N–H and O–H groups in total. The molecule has 17 heavy (non-hydrogen) atoms. The molecule has 1 aliphatic heterocycles. The van der Waals surface area contributed by atoms with Crippen LogP contribution in [0, 0.1) is 0 Å². The van der Waals surface area contributed by atoms with Gasteiger partial charge in [0.15, 0.2) is 0 Å². The van der Waals surface area contributed by atoms with E-state index < -0.39 is 0 Å². The third kappa shape index (κ3) is 2.96. The molecule has 1 fully saturated rings. The third-order valence-electron chi connectivity index (χ3n) is 3.15. The molecule has 2 rings (SSSR count). The van der Waals surface area contributed by atoms with Crippen molar-refractivity contribution in [2.24, 2.45) is 0 Å². The van der Waals surface area contributed by atoms with E-state index in [2.05, 4.69) is 39.8 Å². The van der Waals surface area contributed by atoms with Gasteiger partial charge in [-0.05, 0) is 58.4 Å². The molecule has 1 aliphatic rings. The number of hydrogen-bond donors (Lipinski definition) is 1. The Labute approximate surface area is 108 Å². The number of benzene rings is 1. The second-order valence-corrected chi connectivity index (χ2v) is 7.12. The fraction of sp³-hybridized carbons (Fsp3) is 0.571. The molecule has 0 aliphatic carbocycles. The van der Waals surface area contributed by atoms with Gasteiger partial charge >= 0.3 is 0 Å². The second kappa shape index (κ2) is 4.21. The fourth-order valence-corrected chi connectivity index (χ4v) is 3.84. The van der Waals surface area contributed by atoms with Gasteiger partial charge in [0.1, 0.15) is 0 Å². The maximum absolute atomic E-state index is 6.10. The quantitative estimate of drug-likeness (QED) is 0.814. The smallest absolute Gasteiger partial charge is 0.0756 e. The molecular formula is C14H21NOS. The van der Waals surface area contributed by atoms with Gasteiger partial charge in [-0.15, -0.1) is 11.8 Å². The van der Waals surface area contributed by atoms with Gasteiger partial charge in [-0.25, -0.2) is 0 Å². The third-order valence-corrected chi connectivity index (χ3v) is 4.71. The Kier molecular flexibility index (Phi) is 3.17. The van der Waals surface area contributed by atoms with E-state index >= 15 is 0 Å². The van der Waals surface area contributed by atoms with Crippen LogP contribution >= 0.6 is 11.8 Å². The molecule has 1 heterocycles. The van der Waals surface area contributed by atoms with Crippen LogP contribution in [0.4, 0.5) is 5.69 Å². The minimum absolute atomic E-state index is 0.0189. The van der Waals surface area contributed by atoms with E-state index in [1.165, 1.54) is 4.90 Å². The molecule has 0 bridgehead atoms. The zero-order valence-corrected chi connectivity index (χ0v) is 11.8. The highest BCUT2D eigenvalue weighted by atomic mass is 32.2. The van der Waals surface area contributed by atoms with Crippen molar-refractivity contribution in [2.45, 2.75) is 55.5 Å². The van der Waals surface area contributed by atoms with Crippen molar-refractivity contribution in [3.05, 3.63) is 24.3 Å². The predicted octanol–water partition coefficient (Wildman–Crippen LogP) is 3.71. The summed E-state index contributed by atoms with van der Waals surface area (Å²) < 4.78 is 6.10. The summed E-state index contributed by atoms with van der Waals surface area (Å²) in [6, 6.07) is 8.08. The normalized spacial score (nSPS) is 26.0. The highest BCUT2D eigenvalue weighted by Gasteiger charge is 2.46. The van der Waals surface area contributed by atoms with Crippen LogP contribution in [-0.2, 0) is 4.74 Å². The van der Waals surface area contributed by atoms with E-state index in [-0.39, 0.29) is 11.2 Å². The van der Waals surface area contributed by atoms with Crippen LogP contribution in [0.25, 0.3) is 0 Å². The standard InChI is InChI=1S/C14H21NOS/c1-13(2)9-12(14(3,4)16-13)17-11-7-5-10(15)6-8-11/h5-8,12H,9,15H2,1-4H3. The number of nitrogen functional groups attached to an aromatic ring is 1. The van der Waals surface area contributed by atoms with Gasteiger partial charge in [0.25, 0.3) is 0 Å². The Hall–Kier alpha value is -0.670. The Balaban J connectivity index is 2.11. The van der Waals surface area contributed by atoms with Crippen molar-refractivity contribution in [1.82, 2.24) is 0 Å². The molecule has 3 heteroatoms. The van der Waals surface area contributed by atoms with E-state index in [0.717, 1.165) is 12.1 Å². The van der Waals surface area contributed by atoms with Crippen molar-refractivity contribution in [2.75, 3.05) is 5.73 Å². The summed E-state index contributed by atoms with van der Waals surface area (Å²) in [6.07, 6.45) is 1.08. The SMILES string of the molecule is CC1(C)CC(Sc2ccc(N)cc2)C(C)(C)O1. The monoisotopic (exact) mass is 251 g/mol. The Morgan fingerprint density at radius 3 is 2.24 bits per heavy atom. The number of nitrogens with two attached hydrogens (primary N) is 1. The van der Waals surface area contributed by atoms with Crippen LogP contribution < -0.4 is 5.73 Å². The van der Waals surface area contributed by atoms with Gasteiger partial charge in [0.2, 0.25) is 0 Å². The maximum Gasteiger partial charge on any atom is 0.0756 e. The lowest BCUT2D eigenvalue weighted by molar-refractivity contribution is -0.0631. The summed E-state index contributed by atoms with van der Waals surface area (Å²) in [5.74, 6) is 0. The first-order chi connectivity index (χ1) is 7.78. The van der Waals surface area contributed by atoms with Crippen molar-refractivity contribution in [3.63, 3.8) is 0 Å². The van der Waals surface area contributed by atoms with Crippen LogP contribution in [-0.4, -0.2) is 16.5 Å². The molecule has 0 radical (unpaired) electrons. The lowest BCUT2D eigenvalue weighted by Crippen LogP contribution is -2.30. The molecular weight excluding hydrogens is 230 g/mol. The van der Waals surface area contributed by atoms with Crippen molar-refractivity contribution >= 4 is 17.4 Å². The van der Waals surface area contributed by atoms with Crippen molar-refractivity contribution < 1.29 is 4.74 Å². The first kappa shape index (κ1) is 12.8. The van der Waals surface area contributed by atoms with E-state index in [1.54, 1.807) is 0 Å². The number of anilines is 1. The van der Waals surface area contributed by atoms with Crippen molar-refractivity contribution in [3.8, 4) is 0 Å². The lowest BCUT2D eigenvalue weighted by atomic mass is 10.0. The highest BCUT2D eigenvalue weighted by Crippen LogP contribution is 2.45. The first-order valence-corrected chi connectivity index (χ1v) is 6.89. The lowest BCUT2D eigenvalue weighted by Gasteiger charge is -2.27. The predicted molar refractivity (Wildman–Crippen MR) is 74.4 cm³/mol. The van der Waals surface area contributed by atoms with E-state index in [0.29, 0.717) is 5.25 Å². The van der Waals surface area contributed by atoms with Gasteiger partial charge in [0.05, 0.1) is 11.2 Å². The molecule has 0 spiro atoms. The van der Waals surface area contributed by atoms with E-state index in [1.807, 2.05) is 23.9 Å². The number of rotatable bonds is 2. The molecule has 1 aromatic carbocycles. The molecule has 1 saturated heterocycles. The summed E-state index contributed by atoms with van der Waals surface area (Å²) in [7, 11) is 0. The largest absolute Gasteiger partial charge is 0.399 e. The minimum atomic E-state index is -0.0739. The highest BCUT2D eigenvalue weighted by molar-refractivity contribution is 8.00. The van der Waals surface area contributed by atoms with E-state index in [4.69, 9.17) is 10.5 Å². The van der Waals surface area contributed by atoms with Crippen LogP contribution in [0.2, 0.25) is 0 Å². The number of hydrogen-bond acceptors (Lipinski definition) is 3. The molecule has 94 valence electrons. The van der Waals surface area contributed by atoms with Gasteiger partial charge in [0, 0.05) is 15.8 Å². The van der Waals surface area contributed by atoms with Crippen LogP contribution in [0.1, 0.15) is 34.1 Å². The first-order valence-electron chi connectivity index (χ1n) is 6.01. The zero-order chi connectivity index (χ0) is 12.7. The van der Waals surface area contributed by atoms with E-state index in [9.17, 15) is 0 Å². The Morgan fingerprint density at radius 2 is 1.76 bits per heavy atom. The van der Waals surface area contributed by atoms with Crippen molar-refractivity contribution in [1.29, 1.82) is 0 Å². The Bertz CT molecular complexity index is 397. The molecule has 1 atom stereocenters. The maximum atomic E-state index is 6.10. The number of thioether (sulfide) groups is 1.